The Morgan fingerprint density at radius 1 is 1.41 bits per heavy atom. The van der Waals surface area contributed by atoms with Gasteiger partial charge in [0.1, 0.15) is 0 Å². The number of hydrogen-bond acceptors (Lipinski definition) is 3. The van der Waals surface area contributed by atoms with Gasteiger partial charge in [0.25, 0.3) is 0 Å². The minimum Gasteiger partial charge on any atom is -0.258 e. The molecule has 0 unspecified atom stereocenters. The SMILES string of the molecule is N#CC1(c2ccc(F)c([N+](=O)[O-])c2)CCCC1. The molecule has 0 heterocycles. The summed E-state index contributed by atoms with van der Waals surface area (Å²) in [7, 11) is 0. The Kier molecular flexibility index (Phi) is 2.80. The number of nitrogens with zero attached hydrogens (tertiary/aromatic N) is 2. The monoisotopic (exact) mass is 234 g/mol. The summed E-state index contributed by atoms with van der Waals surface area (Å²) in [6.45, 7) is 0. The second kappa shape index (κ2) is 4.13. The topological polar surface area (TPSA) is 66.9 Å². The first-order valence-corrected chi connectivity index (χ1v) is 5.45. The van der Waals surface area contributed by atoms with Gasteiger partial charge in [-0.25, -0.2) is 0 Å². The maximum atomic E-state index is 13.2. The van der Waals surface area contributed by atoms with Gasteiger partial charge in [-0.2, -0.15) is 9.65 Å². The smallest absolute Gasteiger partial charge is 0.258 e. The van der Waals surface area contributed by atoms with Gasteiger partial charge in [0.2, 0.25) is 5.82 Å². The van der Waals surface area contributed by atoms with Crippen LogP contribution in [0.15, 0.2) is 18.2 Å². The molecule has 0 saturated heterocycles. The normalized spacial score (nSPS) is 17.6. The van der Waals surface area contributed by atoms with Gasteiger partial charge in [0.15, 0.2) is 0 Å². The summed E-state index contributed by atoms with van der Waals surface area (Å²) in [5.41, 5.74) is -0.659. The lowest BCUT2D eigenvalue weighted by Gasteiger charge is -2.20. The molecule has 4 nitrogen and oxygen atoms in total. The van der Waals surface area contributed by atoms with Gasteiger partial charge in [-0.05, 0) is 24.5 Å². The van der Waals surface area contributed by atoms with Crippen LogP contribution in [0.25, 0.3) is 0 Å². The molecule has 1 saturated carbocycles. The zero-order chi connectivity index (χ0) is 12.5. The minimum atomic E-state index is -0.857. The Morgan fingerprint density at radius 2 is 2.06 bits per heavy atom. The van der Waals surface area contributed by atoms with Crippen LogP contribution in [0.2, 0.25) is 0 Å². The number of hydrogen-bond donors (Lipinski definition) is 0. The predicted molar refractivity (Wildman–Crippen MR) is 58.8 cm³/mol. The lowest BCUT2D eigenvalue weighted by molar-refractivity contribution is -0.387. The molecule has 0 N–H and O–H groups in total. The Labute approximate surface area is 97.8 Å². The molecule has 2 rings (SSSR count). The number of benzene rings is 1. The van der Waals surface area contributed by atoms with Crippen molar-refractivity contribution in [3.05, 3.63) is 39.7 Å². The van der Waals surface area contributed by atoms with Crippen molar-refractivity contribution >= 4 is 5.69 Å². The highest BCUT2D eigenvalue weighted by atomic mass is 19.1. The summed E-state index contributed by atoms with van der Waals surface area (Å²) >= 11 is 0. The molecule has 1 aromatic rings. The van der Waals surface area contributed by atoms with Crippen molar-refractivity contribution in [2.45, 2.75) is 31.1 Å². The fourth-order valence-electron chi connectivity index (χ4n) is 2.39. The van der Waals surface area contributed by atoms with Gasteiger partial charge in [0, 0.05) is 6.07 Å². The van der Waals surface area contributed by atoms with Crippen molar-refractivity contribution in [3.8, 4) is 6.07 Å². The van der Waals surface area contributed by atoms with E-state index >= 15 is 0 Å². The second-order valence-electron chi connectivity index (χ2n) is 4.32. The van der Waals surface area contributed by atoms with Crippen LogP contribution in [0.3, 0.4) is 0 Å². The summed E-state index contributed by atoms with van der Waals surface area (Å²) in [5.74, 6) is -0.857. The van der Waals surface area contributed by atoms with E-state index in [4.69, 9.17) is 0 Å². The molecule has 0 aromatic heterocycles. The van der Waals surface area contributed by atoms with Gasteiger partial charge < -0.3 is 0 Å². The van der Waals surface area contributed by atoms with Crippen molar-refractivity contribution in [3.63, 3.8) is 0 Å². The quantitative estimate of drug-likeness (QED) is 0.583. The highest BCUT2D eigenvalue weighted by Crippen LogP contribution is 2.41. The zero-order valence-electron chi connectivity index (χ0n) is 9.15. The lowest BCUT2D eigenvalue weighted by Crippen LogP contribution is -2.19. The van der Waals surface area contributed by atoms with Crippen LogP contribution >= 0.6 is 0 Å². The molecule has 0 spiro atoms. The number of nitriles is 1. The van der Waals surface area contributed by atoms with Gasteiger partial charge in [-0.3, -0.25) is 10.1 Å². The fraction of sp³-hybridized carbons (Fsp3) is 0.417. The van der Waals surface area contributed by atoms with Crippen LogP contribution in [0.5, 0.6) is 0 Å². The number of nitro groups is 1. The van der Waals surface area contributed by atoms with E-state index in [9.17, 15) is 19.8 Å². The molecule has 17 heavy (non-hydrogen) atoms. The molecule has 1 aromatic carbocycles. The highest BCUT2D eigenvalue weighted by Gasteiger charge is 2.37. The maximum Gasteiger partial charge on any atom is 0.305 e. The zero-order valence-corrected chi connectivity index (χ0v) is 9.15. The third-order valence-electron chi connectivity index (χ3n) is 3.37. The molecule has 0 aliphatic heterocycles. The first kappa shape index (κ1) is 11.5. The first-order chi connectivity index (χ1) is 8.09. The highest BCUT2D eigenvalue weighted by molar-refractivity contribution is 5.43. The number of rotatable bonds is 2. The summed E-state index contributed by atoms with van der Waals surface area (Å²) < 4.78 is 13.2. The van der Waals surface area contributed by atoms with E-state index in [-0.39, 0.29) is 0 Å². The maximum absolute atomic E-state index is 13.2. The van der Waals surface area contributed by atoms with E-state index in [2.05, 4.69) is 6.07 Å². The van der Waals surface area contributed by atoms with Crippen LogP contribution < -0.4 is 0 Å². The molecule has 0 atom stereocenters. The second-order valence-corrected chi connectivity index (χ2v) is 4.32. The van der Waals surface area contributed by atoms with Crippen molar-refractivity contribution in [1.29, 1.82) is 5.26 Å². The van der Waals surface area contributed by atoms with Crippen LogP contribution in [-0.2, 0) is 5.41 Å². The molecule has 0 bridgehead atoms. The molecule has 1 aliphatic rings. The summed E-state index contributed by atoms with van der Waals surface area (Å²) in [6, 6.07) is 5.99. The fourth-order valence-corrected chi connectivity index (χ4v) is 2.39. The number of nitro benzene ring substituents is 1. The largest absolute Gasteiger partial charge is 0.305 e. The van der Waals surface area contributed by atoms with Crippen LogP contribution in [0.1, 0.15) is 31.2 Å². The first-order valence-electron chi connectivity index (χ1n) is 5.45. The van der Waals surface area contributed by atoms with Crippen molar-refractivity contribution in [1.82, 2.24) is 0 Å². The average Bonchev–Trinajstić information content (AvgIpc) is 2.79. The van der Waals surface area contributed by atoms with Crippen molar-refractivity contribution < 1.29 is 9.31 Å². The van der Waals surface area contributed by atoms with Gasteiger partial charge >= 0.3 is 5.69 Å². The molecule has 5 heteroatoms. The van der Waals surface area contributed by atoms with Gasteiger partial charge in [-0.15, -0.1) is 0 Å². The van der Waals surface area contributed by atoms with Crippen molar-refractivity contribution in [2.24, 2.45) is 0 Å². The van der Waals surface area contributed by atoms with Crippen LogP contribution in [0, 0.1) is 27.3 Å². The summed E-state index contributed by atoms with van der Waals surface area (Å²) in [5, 5.41) is 19.9. The standard InChI is InChI=1S/C12H11FN2O2/c13-10-4-3-9(7-11(10)15(16)17)12(8-14)5-1-2-6-12/h3-4,7H,1-2,5-6H2. The minimum absolute atomic E-state index is 0.552. The van der Waals surface area contributed by atoms with E-state index < -0.39 is 21.8 Å². The predicted octanol–water partition coefficient (Wildman–Crippen LogP) is 3.07. The molecule has 0 radical (unpaired) electrons. The molecule has 0 amide bonds. The number of halogens is 1. The Hall–Kier alpha value is -1.96. The van der Waals surface area contributed by atoms with Gasteiger partial charge in [0.05, 0.1) is 16.4 Å². The van der Waals surface area contributed by atoms with Gasteiger partial charge in [-0.1, -0.05) is 18.9 Å². The summed E-state index contributed by atoms with van der Waals surface area (Å²) in [4.78, 5) is 9.91. The summed E-state index contributed by atoms with van der Waals surface area (Å²) in [6.07, 6.45) is 3.23. The Bertz CT molecular complexity index is 502. The van der Waals surface area contributed by atoms with Crippen LogP contribution in [0.4, 0.5) is 10.1 Å². The van der Waals surface area contributed by atoms with E-state index in [0.717, 1.165) is 18.9 Å². The third kappa shape index (κ3) is 1.86. The van der Waals surface area contributed by atoms with E-state index in [1.54, 1.807) is 0 Å². The van der Waals surface area contributed by atoms with E-state index in [1.165, 1.54) is 12.1 Å². The third-order valence-corrected chi connectivity index (χ3v) is 3.37. The lowest BCUT2D eigenvalue weighted by atomic mass is 9.80. The van der Waals surface area contributed by atoms with E-state index in [0.29, 0.717) is 18.4 Å². The average molecular weight is 234 g/mol. The van der Waals surface area contributed by atoms with Crippen molar-refractivity contribution in [2.75, 3.05) is 0 Å². The molecular weight excluding hydrogens is 223 g/mol. The van der Waals surface area contributed by atoms with E-state index in [1.807, 2.05) is 0 Å². The Balaban J connectivity index is 2.50. The van der Waals surface area contributed by atoms with Crippen LogP contribution in [-0.4, -0.2) is 4.92 Å². The Morgan fingerprint density at radius 3 is 2.59 bits per heavy atom. The molecule has 88 valence electrons. The molecular formula is C12H11FN2O2. The molecule has 1 aliphatic carbocycles. The molecule has 1 fully saturated rings.